The molecule has 3 atom stereocenters. The van der Waals surface area contributed by atoms with Gasteiger partial charge in [-0.05, 0) is 32.8 Å². The van der Waals surface area contributed by atoms with Crippen LogP contribution in [-0.2, 0) is 16.0 Å². The second-order valence-electron chi connectivity index (χ2n) is 6.92. The van der Waals surface area contributed by atoms with Crippen LogP contribution in [0.5, 0.6) is 0 Å². The maximum absolute atomic E-state index is 14.3. The minimum Gasteiger partial charge on any atom is -0.459 e. The molecule has 0 fully saturated rings. The van der Waals surface area contributed by atoms with E-state index in [1.54, 1.807) is 0 Å². The number of carbonyl (C=O) groups excluding carboxylic acids is 1. The van der Waals surface area contributed by atoms with E-state index in [4.69, 9.17) is 16.2 Å². The molecule has 1 rings (SSSR count). The van der Waals surface area contributed by atoms with Crippen LogP contribution in [0.1, 0.15) is 26.3 Å². The summed E-state index contributed by atoms with van der Waals surface area (Å²) in [5.41, 5.74) is 10.1. The Bertz CT molecular complexity index is 646. The van der Waals surface area contributed by atoms with Crippen molar-refractivity contribution in [1.82, 2.24) is 0 Å². The monoisotopic (exact) mass is 375 g/mol. The number of hydrogen-bond donors (Lipinski definition) is 3. The van der Waals surface area contributed by atoms with Crippen molar-refractivity contribution in [3.8, 4) is 0 Å². The first-order chi connectivity index (χ1) is 11.8. The third kappa shape index (κ3) is 5.68. The number of carbonyl (C=O) groups is 1. The Morgan fingerprint density at radius 2 is 1.77 bits per heavy atom. The maximum Gasteiger partial charge on any atom is 0.329 e. The molecule has 0 saturated carbocycles. The van der Waals surface area contributed by atoms with Gasteiger partial charge >= 0.3 is 5.97 Å². The zero-order valence-electron chi connectivity index (χ0n) is 14.7. The lowest BCUT2D eigenvalue weighted by Gasteiger charge is -2.32. The Morgan fingerprint density at radius 1 is 1.27 bits per heavy atom. The summed E-state index contributed by atoms with van der Waals surface area (Å²) in [7, 11) is 0. The van der Waals surface area contributed by atoms with Gasteiger partial charge in [-0.2, -0.15) is 0 Å². The van der Waals surface area contributed by atoms with Crippen LogP contribution in [0.4, 0.5) is 14.5 Å². The number of non-ortho nitro benzene ring substituents is 1. The van der Waals surface area contributed by atoms with Gasteiger partial charge in [0.1, 0.15) is 11.7 Å². The molecule has 1 aromatic rings. The third-order valence-electron chi connectivity index (χ3n) is 3.49. The molecule has 146 valence electrons. The number of nitro benzene ring substituents is 1. The largest absolute Gasteiger partial charge is 0.459 e. The fraction of sp³-hybridized carbons (Fsp3) is 0.562. The van der Waals surface area contributed by atoms with E-state index in [-0.39, 0.29) is 12.1 Å². The molecule has 0 aliphatic rings. The lowest BCUT2D eigenvalue weighted by molar-refractivity contribution is -0.384. The van der Waals surface area contributed by atoms with E-state index in [2.05, 4.69) is 0 Å². The van der Waals surface area contributed by atoms with Crippen LogP contribution in [0, 0.1) is 10.1 Å². The van der Waals surface area contributed by atoms with Crippen molar-refractivity contribution in [3.05, 3.63) is 39.9 Å². The Labute approximate surface area is 149 Å². The van der Waals surface area contributed by atoms with Crippen molar-refractivity contribution in [2.45, 2.75) is 56.9 Å². The smallest absolute Gasteiger partial charge is 0.329 e. The number of nitrogens with zero attached hydrogens (tertiary/aromatic N) is 1. The number of aliphatic hydroxyl groups is 1. The van der Waals surface area contributed by atoms with E-state index in [1.165, 1.54) is 45.0 Å². The molecule has 3 unspecified atom stereocenters. The maximum atomic E-state index is 14.3. The number of nitro groups is 1. The zero-order valence-corrected chi connectivity index (χ0v) is 14.7. The molecule has 5 N–H and O–H groups in total. The van der Waals surface area contributed by atoms with E-state index in [0.29, 0.717) is 5.56 Å². The Morgan fingerprint density at radius 3 is 2.19 bits per heavy atom. The number of benzene rings is 1. The molecule has 26 heavy (non-hydrogen) atoms. The Balaban J connectivity index is 2.82. The average Bonchev–Trinajstić information content (AvgIpc) is 2.52. The molecule has 0 radical (unpaired) electrons. The number of esters is 1. The van der Waals surface area contributed by atoms with E-state index >= 15 is 0 Å². The van der Waals surface area contributed by atoms with Crippen LogP contribution < -0.4 is 11.5 Å². The predicted octanol–water partition coefficient (Wildman–Crippen LogP) is 1.13. The standard InChI is InChI=1S/C16H23F2N3O5/c1-15(2,3)26-14(23)12(20)16(17,18)13(22)11(19)8-9-4-6-10(7-5-9)21(24)25/h4-7,11-13,22H,8,19-20H2,1-3H3. The number of aliphatic hydroxyl groups excluding tert-OH is 1. The lowest BCUT2D eigenvalue weighted by Crippen LogP contribution is -2.60. The summed E-state index contributed by atoms with van der Waals surface area (Å²) in [5.74, 6) is -5.38. The van der Waals surface area contributed by atoms with E-state index in [0.717, 1.165) is 0 Å². The van der Waals surface area contributed by atoms with Crippen molar-refractivity contribution in [2.75, 3.05) is 0 Å². The molecule has 1 aromatic carbocycles. The number of ether oxygens (including phenoxy) is 1. The van der Waals surface area contributed by atoms with Crippen molar-refractivity contribution in [2.24, 2.45) is 11.5 Å². The molecule has 0 aromatic heterocycles. The van der Waals surface area contributed by atoms with Gasteiger partial charge in [0.2, 0.25) is 0 Å². The quantitative estimate of drug-likeness (QED) is 0.368. The number of nitrogens with two attached hydrogens (primary N) is 2. The van der Waals surface area contributed by atoms with Gasteiger partial charge in [-0.1, -0.05) is 12.1 Å². The molecule has 0 heterocycles. The minimum absolute atomic E-state index is 0.167. The third-order valence-corrected chi connectivity index (χ3v) is 3.49. The highest BCUT2D eigenvalue weighted by molar-refractivity contribution is 5.77. The molecule has 0 bridgehead atoms. The molecule has 8 nitrogen and oxygen atoms in total. The molecular formula is C16H23F2N3O5. The summed E-state index contributed by atoms with van der Waals surface area (Å²) in [4.78, 5) is 21.7. The predicted molar refractivity (Wildman–Crippen MR) is 89.6 cm³/mol. The van der Waals surface area contributed by atoms with Crippen molar-refractivity contribution in [1.29, 1.82) is 0 Å². The first-order valence-electron chi connectivity index (χ1n) is 7.79. The lowest BCUT2D eigenvalue weighted by atomic mass is 9.94. The van der Waals surface area contributed by atoms with Gasteiger partial charge < -0.3 is 21.3 Å². The van der Waals surface area contributed by atoms with E-state index in [1.807, 2.05) is 0 Å². The van der Waals surface area contributed by atoms with Gasteiger partial charge in [0.05, 0.1) is 4.92 Å². The Kier molecular flexibility index (Phi) is 6.75. The summed E-state index contributed by atoms with van der Waals surface area (Å²) in [6, 6.07) is 1.23. The van der Waals surface area contributed by atoms with Gasteiger partial charge in [-0.3, -0.25) is 14.9 Å². The summed E-state index contributed by atoms with van der Waals surface area (Å²) in [6.45, 7) is 4.48. The van der Waals surface area contributed by atoms with Gasteiger partial charge in [-0.25, -0.2) is 8.78 Å². The summed E-state index contributed by atoms with van der Waals surface area (Å²) < 4.78 is 33.4. The molecule has 0 aliphatic carbocycles. The van der Waals surface area contributed by atoms with Crippen molar-refractivity contribution >= 4 is 11.7 Å². The van der Waals surface area contributed by atoms with Crippen LogP contribution in [-0.4, -0.2) is 45.7 Å². The second-order valence-corrected chi connectivity index (χ2v) is 6.92. The molecule has 0 saturated heterocycles. The van der Waals surface area contributed by atoms with Gasteiger partial charge in [0.15, 0.2) is 6.04 Å². The number of hydrogen-bond acceptors (Lipinski definition) is 7. The first kappa shape index (κ1) is 21.9. The van der Waals surface area contributed by atoms with Gasteiger partial charge in [0, 0.05) is 18.2 Å². The highest BCUT2D eigenvalue weighted by Crippen LogP contribution is 2.27. The molecule has 10 heteroatoms. The first-order valence-corrected chi connectivity index (χ1v) is 7.79. The van der Waals surface area contributed by atoms with Crippen LogP contribution >= 0.6 is 0 Å². The van der Waals surface area contributed by atoms with Crippen LogP contribution in [0.2, 0.25) is 0 Å². The molecule has 0 aliphatic heterocycles. The molecule has 0 spiro atoms. The minimum atomic E-state index is -4.03. The average molecular weight is 375 g/mol. The summed E-state index contributed by atoms with van der Waals surface area (Å²) in [6.07, 6.45) is -2.62. The SMILES string of the molecule is CC(C)(C)OC(=O)C(N)C(F)(F)C(O)C(N)Cc1ccc([N+](=O)[O-])cc1. The molecule has 0 amide bonds. The van der Waals surface area contributed by atoms with Crippen LogP contribution in [0.15, 0.2) is 24.3 Å². The number of rotatable bonds is 7. The summed E-state index contributed by atoms with van der Waals surface area (Å²) >= 11 is 0. The zero-order chi connectivity index (χ0) is 20.3. The summed E-state index contributed by atoms with van der Waals surface area (Å²) in [5, 5.41) is 20.5. The van der Waals surface area contributed by atoms with Crippen LogP contribution in [0.25, 0.3) is 0 Å². The van der Waals surface area contributed by atoms with Gasteiger partial charge in [-0.15, -0.1) is 0 Å². The normalized spacial score (nSPS) is 15.8. The van der Waals surface area contributed by atoms with Crippen LogP contribution in [0.3, 0.4) is 0 Å². The number of alkyl halides is 2. The van der Waals surface area contributed by atoms with Crippen molar-refractivity contribution < 1.29 is 28.3 Å². The molecular weight excluding hydrogens is 352 g/mol. The fourth-order valence-corrected chi connectivity index (χ4v) is 2.13. The van der Waals surface area contributed by atoms with E-state index in [9.17, 15) is 28.8 Å². The number of halogens is 2. The second kappa shape index (κ2) is 8.02. The van der Waals surface area contributed by atoms with Crippen molar-refractivity contribution in [3.63, 3.8) is 0 Å². The topological polar surface area (TPSA) is 142 Å². The van der Waals surface area contributed by atoms with Gasteiger partial charge in [0.25, 0.3) is 11.6 Å². The fourth-order valence-electron chi connectivity index (χ4n) is 2.13. The Hall–Kier alpha value is -2.17. The van der Waals surface area contributed by atoms with E-state index < -0.39 is 40.6 Å². The highest BCUT2D eigenvalue weighted by atomic mass is 19.3. The highest BCUT2D eigenvalue weighted by Gasteiger charge is 2.51.